The van der Waals surface area contributed by atoms with Gasteiger partial charge in [0.2, 0.25) is 0 Å². The second kappa shape index (κ2) is 9.30. The third kappa shape index (κ3) is 4.65. The first-order valence-corrected chi connectivity index (χ1v) is 11.1. The van der Waals surface area contributed by atoms with E-state index in [1.165, 1.54) is 19.2 Å². The van der Waals surface area contributed by atoms with Crippen molar-refractivity contribution in [1.29, 1.82) is 0 Å². The molecule has 1 amide bonds. The van der Waals surface area contributed by atoms with Gasteiger partial charge >= 0.3 is 12.3 Å². The summed E-state index contributed by atoms with van der Waals surface area (Å²) in [5.41, 5.74) is 1.93. The highest BCUT2D eigenvalue weighted by atomic mass is 19.4. The minimum Gasteiger partial charge on any atom is -0.493 e. The zero-order valence-electron chi connectivity index (χ0n) is 19.0. The molecule has 2 aromatic carbocycles. The molecule has 36 heavy (non-hydrogen) atoms. The van der Waals surface area contributed by atoms with E-state index in [-0.39, 0.29) is 30.1 Å². The lowest BCUT2D eigenvalue weighted by Gasteiger charge is -2.21. The van der Waals surface area contributed by atoms with Crippen LogP contribution in [0, 0.1) is 11.8 Å². The third-order valence-electron chi connectivity index (χ3n) is 6.48. The Kier molecular flexibility index (Phi) is 6.16. The number of hydrogen-bond donors (Lipinski definition) is 2. The molecule has 1 unspecified atom stereocenters. The van der Waals surface area contributed by atoms with Gasteiger partial charge in [0.05, 0.1) is 12.7 Å². The van der Waals surface area contributed by atoms with Crippen LogP contribution in [0.1, 0.15) is 15.9 Å². The lowest BCUT2D eigenvalue weighted by Crippen LogP contribution is -2.41. The first-order chi connectivity index (χ1) is 17.2. The van der Waals surface area contributed by atoms with Crippen LogP contribution in [0.25, 0.3) is 11.0 Å². The molecule has 0 aliphatic carbocycles. The number of nitrogens with one attached hydrogen (secondary N) is 2. The van der Waals surface area contributed by atoms with E-state index in [1.807, 2.05) is 0 Å². The Balaban J connectivity index is 1.21. The summed E-state index contributed by atoms with van der Waals surface area (Å²) in [6, 6.07) is 7.85. The van der Waals surface area contributed by atoms with E-state index < -0.39 is 18.4 Å². The molecule has 2 N–H and O–H groups in total. The molecule has 10 nitrogen and oxygen atoms in total. The smallest absolute Gasteiger partial charge is 0.493 e. The van der Waals surface area contributed by atoms with Gasteiger partial charge in [-0.1, -0.05) is 12.1 Å². The molecule has 1 aromatic heterocycles. The van der Waals surface area contributed by atoms with Crippen LogP contribution in [0.2, 0.25) is 0 Å². The molecule has 0 bridgehead atoms. The average Bonchev–Trinajstić information content (AvgIpc) is 3.57. The predicted molar refractivity (Wildman–Crippen MR) is 118 cm³/mol. The topological polar surface area (TPSA) is 119 Å². The normalized spacial score (nSPS) is 21.4. The lowest BCUT2D eigenvalue weighted by atomic mass is 9.94. The maximum absolute atomic E-state index is 13.3. The Hall–Kier alpha value is -3.87. The zero-order valence-corrected chi connectivity index (χ0v) is 19.0. The number of hydrogen-bond acceptors (Lipinski definition) is 8. The van der Waals surface area contributed by atoms with Crippen LogP contribution in [-0.2, 0) is 16.1 Å². The van der Waals surface area contributed by atoms with E-state index in [4.69, 9.17) is 9.47 Å². The monoisotopic (exact) mass is 505 g/mol. The van der Waals surface area contributed by atoms with Crippen LogP contribution >= 0.6 is 0 Å². The van der Waals surface area contributed by atoms with Crippen molar-refractivity contribution in [3.63, 3.8) is 0 Å². The summed E-state index contributed by atoms with van der Waals surface area (Å²) in [5.74, 6) is -0.775. The Labute approximate surface area is 202 Å². The molecule has 2 aliphatic heterocycles. The van der Waals surface area contributed by atoms with Crippen molar-refractivity contribution in [3.8, 4) is 11.5 Å². The molecule has 3 aromatic rings. The number of methoxy groups -OCH3 is 1. The van der Waals surface area contributed by atoms with Crippen molar-refractivity contribution in [2.24, 2.45) is 11.8 Å². The zero-order chi connectivity index (χ0) is 25.4. The number of nitrogens with zero attached hydrogens (tertiary/aromatic N) is 3. The van der Waals surface area contributed by atoms with E-state index >= 15 is 0 Å². The fourth-order valence-corrected chi connectivity index (χ4v) is 4.81. The van der Waals surface area contributed by atoms with E-state index in [9.17, 15) is 22.8 Å². The summed E-state index contributed by atoms with van der Waals surface area (Å²) in [6.07, 6.45) is -4.77. The lowest BCUT2D eigenvalue weighted by molar-refractivity contribution is -0.274. The van der Waals surface area contributed by atoms with Crippen molar-refractivity contribution in [2.75, 3.05) is 26.7 Å². The number of rotatable bonds is 6. The van der Waals surface area contributed by atoms with Crippen LogP contribution in [-0.4, -0.2) is 71.3 Å². The summed E-state index contributed by atoms with van der Waals surface area (Å²) in [4.78, 5) is 27.8. The fraction of sp³-hybridized carbons (Fsp3) is 0.391. The highest BCUT2D eigenvalue weighted by Gasteiger charge is 2.47. The second-order valence-electron chi connectivity index (χ2n) is 8.66. The number of ether oxygens (including phenoxy) is 3. The van der Waals surface area contributed by atoms with Gasteiger partial charge in [0, 0.05) is 25.6 Å². The number of fused-ring (bicyclic) bond motifs is 2. The molecule has 13 heteroatoms. The molecular formula is C23H22F3N5O5. The van der Waals surface area contributed by atoms with Crippen LogP contribution in [0.5, 0.6) is 11.5 Å². The predicted octanol–water partition coefficient (Wildman–Crippen LogP) is 2.27. The molecule has 5 rings (SSSR count). The molecule has 0 saturated carbocycles. The molecule has 3 heterocycles. The van der Waals surface area contributed by atoms with Crippen molar-refractivity contribution in [2.45, 2.75) is 19.0 Å². The standard InChI is InChI=1S/C23H22F3N5O5/c1-34-20-15(6-7-17-19(20)29-30-28-17)21(32)31-9-13-8-27-18(16(13)10-31)22(33)35-11-12-2-4-14(5-3-12)36-23(24,25)26/h2-7,13,16,18,27H,8-11H2,1H3,(H,28,29,30)/t13-,16+,18?/m0/s1. The van der Waals surface area contributed by atoms with Crippen molar-refractivity contribution in [3.05, 3.63) is 47.5 Å². The van der Waals surface area contributed by atoms with Gasteiger partial charge in [0.25, 0.3) is 5.91 Å². The highest BCUT2D eigenvalue weighted by Crippen LogP contribution is 2.35. The van der Waals surface area contributed by atoms with Crippen LogP contribution in [0.15, 0.2) is 36.4 Å². The van der Waals surface area contributed by atoms with E-state index in [1.54, 1.807) is 17.0 Å². The average molecular weight is 505 g/mol. The number of aromatic nitrogens is 3. The van der Waals surface area contributed by atoms with E-state index in [0.29, 0.717) is 47.5 Å². The first kappa shape index (κ1) is 23.9. The van der Waals surface area contributed by atoms with Crippen LogP contribution in [0.3, 0.4) is 0 Å². The minimum atomic E-state index is -4.77. The number of carbonyl (C=O) groups excluding carboxylic acids is 2. The fourth-order valence-electron chi connectivity index (χ4n) is 4.81. The van der Waals surface area contributed by atoms with Gasteiger partial charge in [-0.25, -0.2) is 0 Å². The van der Waals surface area contributed by atoms with E-state index in [2.05, 4.69) is 25.5 Å². The van der Waals surface area contributed by atoms with Gasteiger partial charge in [0.1, 0.15) is 23.9 Å². The minimum absolute atomic E-state index is 0.0760. The second-order valence-corrected chi connectivity index (χ2v) is 8.66. The number of halogens is 3. The number of amides is 1. The molecule has 2 aliphatic rings. The number of likely N-dealkylation sites (tertiary alicyclic amines) is 1. The Morgan fingerprint density at radius 1 is 1.11 bits per heavy atom. The number of benzene rings is 2. The number of H-pyrrole nitrogens is 1. The van der Waals surface area contributed by atoms with Crippen LogP contribution < -0.4 is 14.8 Å². The molecular weight excluding hydrogens is 483 g/mol. The summed E-state index contributed by atoms with van der Waals surface area (Å²) in [7, 11) is 1.46. The summed E-state index contributed by atoms with van der Waals surface area (Å²) >= 11 is 0. The molecule has 3 atom stereocenters. The highest BCUT2D eigenvalue weighted by molar-refractivity contribution is 6.02. The quantitative estimate of drug-likeness (QED) is 0.490. The maximum atomic E-state index is 13.3. The number of carbonyl (C=O) groups is 2. The summed E-state index contributed by atoms with van der Waals surface area (Å²) in [6.45, 7) is 1.29. The molecule has 2 saturated heterocycles. The molecule has 0 spiro atoms. The third-order valence-corrected chi connectivity index (χ3v) is 6.48. The summed E-state index contributed by atoms with van der Waals surface area (Å²) in [5, 5.41) is 13.7. The number of esters is 1. The SMILES string of the molecule is COc1c(C(=O)N2C[C@@H]3CNC(C(=O)OCc4ccc(OC(F)(F)F)cc4)[C@@H]3C2)ccc2n[nH]nc12. The van der Waals surface area contributed by atoms with Gasteiger partial charge in [-0.05, 0) is 35.7 Å². The van der Waals surface area contributed by atoms with Gasteiger partial charge in [-0.2, -0.15) is 15.4 Å². The molecule has 2 fully saturated rings. The Morgan fingerprint density at radius 3 is 2.61 bits per heavy atom. The van der Waals surface area contributed by atoms with Crippen molar-refractivity contribution in [1.82, 2.24) is 25.6 Å². The van der Waals surface area contributed by atoms with Crippen LogP contribution in [0.4, 0.5) is 13.2 Å². The Bertz CT molecular complexity index is 1280. The Morgan fingerprint density at radius 2 is 1.89 bits per heavy atom. The number of aromatic amines is 1. The number of alkyl halides is 3. The summed E-state index contributed by atoms with van der Waals surface area (Å²) < 4.78 is 51.6. The van der Waals surface area contributed by atoms with Gasteiger partial charge in [-0.15, -0.1) is 13.2 Å². The molecule has 0 radical (unpaired) electrons. The first-order valence-electron chi connectivity index (χ1n) is 11.1. The van der Waals surface area contributed by atoms with E-state index in [0.717, 1.165) is 12.1 Å². The van der Waals surface area contributed by atoms with Gasteiger partial charge in [0.15, 0.2) is 11.3 Å². The maximum Gasteiger partial charge on any atom is 0.573 e. The molecule has 190 valence electrons. The van der Waals surface area contributed by atoms with Gasteiger partial charge < -0.3 is 24.4 Å². The largest absolute Gasteiger partial charge is 0.573 e. The van der Waals surface area contributed by atoms with Gasteiger partial charge in [-0.3, -0.25) is 9.59 Å². The van der Waals surface area contributed by atoms with Crippen molar-refractivity contribution < 1.29 is 37.0 Å². The van der Waals surface area contributed by atoms with Crippen molar-refractivity contribution >= 4 is 22.9 Å².